The molecule has 2 nitrogen and oxygen atoms in total. The Balaban J connectivity index is 3.03. The quantitative estimate of drug-likeness (QED) is 0.789. The first-order chi connectivity index (χ1) is 6.13. The molecule has 0 bridgehead atoms. The normalized spacial score (nSPS) is 14.9. The molecule has 0 aliphatic heterocycles. The van der Waals surface area contributed by atoms with Crippen LogP contribution in [0.2, 0.25) is 0 Å². The van der Waals surface area contributed by atoms with Crippen molar-refractivity contribution in [1.29, 1.82) is 0 Å². The van der Waals surface area contributed by atoms with Gasteiger partial charge in [0.1, 0.15) is 5.25 Å². The molecular weight excluding hydrogens is 208 g/mol. The van der Waals surface area contributed by atoms with E-state index < -0.39 is 16.3 Å². The lowest BCUT2D eigenvalue weighted by atomic mass is 10.1. The molecule has 4 heteroatoms. The summed E-state index contributed by atoms with van der Waals surface area (Å²) in [6, 6.07) is 8.89. The lowest BCUT2D eigenvalue weighted by Crippen LogP contribution is -2.04. The Kier molecular flexibility index (Phi) is 3.66. The summed E-state index contributed by atoms with van der Waals surface area (Å²) in [5.74, 6) is 0. The van der Waals surface area contributed by atoms with Crippen LogP contribution in [0.3, 0.4) is 0 Å². The molecule has 1 aromatic carbocycles. The van der Waals surface area contributed by atoms with E-state index in [4.69, 9.17) is 16.2 Å². The average molecular weight is 217 g/mol. The molecule has 0 spiro atoms. The summed E-state index contributed by atoms with van der Waals surface area (Å²) < 4.78 is 19.9. The maximum absolute atomic E-state index is 10.9. The van der Waals surface area contributed by atoms with Crippen LogP contribution in [0, 0.1) is 0 Å². The monoisotopic (exact) mass is 216 g/mol. The lowest BCUT2D eigenvalue weighted by molar-refractivity contribution is 0.557. The summed E-state index contributed by atoms with van der Waals surface area (Å²) in [4.78, 5) is 0. The second-order valence-corrected chi connectivity index (χ2v) is 4.02. The molecule has 1 rings (SSSR count). The largest absolute Gasteiger partial charge is 0.305 e. The zero-order chi connectivity index (χ0) is 9.84. The third-order valence-corrected chi connectivity index (χ3v) is 2.90. The number of halogens is 1. The Bertz CT molecular complexity index is 310. The summed E-state index contributed by atoms with van der Waals surface area (Å²) in [5, 5.41) is -0.532. The van der Waals surface area contributed by atoms with Gasteiger partial charge in [-0.3, -0.25) is 0 Å². The van der Waals surface area contributed by atoms with Gasteiger partial charge >= 0.3 is 0 Å². The molecule has 0 amide bonds. The first-order valence-electron chi connectivity index (χ1n) is 3.62. The molecule has 0 saturated carbocycles. The zero-order valence-electron chi connectivity index (χ0n) is 6.81. The van der Waals surface area contributed by atoms with E-state index in [1.807, 2.05) is 6.07 Å². The molecule has 70 valence electrons. The summed E-state index contributed by atoms with van der Waals surface area (Å²) in [6.45, 7) is 3.47. The van der Waals surface area contributed by atoms with Crippen molar-refractivity contribution in [1.82, 2.24) is 0 Å². The molecule has 0 aromatic heterocycles. The molecule has 0 radical (unpaired) electrons. The van der Waals surface area contributed by atoms with Gasteiger partial charge in [0.2, 0.25) is 0 Å². The van der Waals surface area contributed by atoms with Crippen molar-refractivity contribution in [2.75, 3.05) is 0 Å². The molecule has 0 saturated heterocycles. The van der Waals surface area contributed by atoms with Gasteiger partial charge in [-0.15, -0.1) is 0 Å². The van der Waals surface area contributed by atoms with Crippen LogP contribution in [-0.2, 0) is 11.1 Å². The van der Waals surface area contributed by atoms with Crippen molar-refractivity contribution in [3.8, 4) is 0 Å². The van der Waals surface area contributed by atoms with Gasteiger partial charge in [0.25, 0.3) is 0 Å². The van der Waals surface area contributed by atoms with Gasteiger partial charge in [-0.05, 0) is 5.56 Å². The topological polar surface area (TPSA) is 37.3 Å². The number of hydrogen-bond acceptors (Lipinski definition) is 1. The van der Waals surface area contributed by atoms with Crippen LogP contribution in [0.1, 0.15) is 10.8 Å². The predicted octanol–water partition coefficient (Wildman–Crippen LogP) is 2.70. The van der Waals surface area contributed by atoms with Gasteiger partial charge in [-0.1, -0.05) is 48.5 Å². The third-order valence-electron chi connectivity index (χ3n) is 1.59. The van der Waals surface area contributed by atoms with E-state index in [1.54, 1.807) is 24.3 Å². The Hall–Kier alpha value is -0.640. The van der Waals surface area contributed by atoms with Crippen molar-refractivity contribution in [2.24, 2.45) is 0 Å². The fourth-order valence-corrected chi connectivity index (χ4v) is 2.00. The summed E-state index contributed by atoms with van der Waals surface area (Å²) in [5.41, 5.74) is 0.698. The molecule has 0 heterocycles. The Morgan fingerprint density at radius 3 is 2.38 bits per heavy atom. The Labute approximate surface area is 84.5 Å². The molecule has 1 aromatic rings. The number of hydrogen-bond donors (Lipinski definition) is 1. The molecule has 2 atom stereocenters. The highest BCUT2D eigenvalue weighted by molar-refractivity contribution is 7.79. The average Bonchev–Trinajstić information content (AvgIpc) is 2.04. The fourth-order valence-electron chi connectivity index (χ4n) is 1.03. The van der Waals surface area contributed by atoms with E-state index >= 15 is 0 Å². The minimum Gasteiger partial charge on any atom is -0.305 e. The van der Waals surface area contributed by atoms with Gasteiger partial charge in [0.15, 0.2) is 11.1 Å². The highest BCUT2D eigenvalue weighted by Gasteiger charge is 2.19. The Morgan fingerprint density at radius 1 is 1.46 bits per heavy atom. The third kappa shape index (κ3) is 2.66. The van der Waals surface area contributed by atoms with Crippen molar-refractivity contribution in [3.63, 3.8) is 0 Å². The van der Waals surface area contributed by atoms with E-state index in [0.29, 0.717) is 5.56 Å². The van der Waals surface area contributed by atoms with E-state index in [-0.39, 0.29) is 5.03 Å². The molecule has 13 heavy (non-hydrogen) atoms. The second-order valence-electron chi connectivity index (χ2n) is 2.51. The van der Waals surface area contributed by atoms with E-state index in [2.05, 4.69) is 6.58 Å². The maximum Gasteiger partial charge on any atom is 0.166 e. The predicted molar refractivity (Wildman–Crippen MR) is 54.9 cm³/mol. The van der Waals surface area contributed by atoms with E-state index in [1.165, 1.54) is 0 Å². The van der Waals surface area contributed by atoms with Crippen molar-refractivity contribution in [2.45, 2.75) is 5.25 Å². The highest BCUT2D eigenvalue weighted by atomic mass is 35.5. The van der Waals surface area contributed by atoms with Crippen LogP contribution in [0.4, 0.5) is 0 Å². The summed E-state index contributed by atoms with van der Waals surface area (Å²) >= 11 is 3.61. The lowest BCUT2D eigenvalue weighted by Gasteiger charge is -2.10. The maximum atomic E-state index is 10.9. The van der Waals surface area contributed by atoms with Crippen LogP contribution in [0.25, 0.3) is 0 Å². The van der Waals surface area contributed by atoms with Crippen molar-refractivity contribution < 1.29 is 8.76 Å². The van der Waals surface area contributed by atoms with Crippen molar-refractivity contribution >= 4 is 22.7 Å². The smallest absolute Gasteiger partial charge is 0.166 e. The standard InChI is InChI=1S/C9H9ClO2S/c1-7(10)9(13(11)12)8-5-3-2-4-6-8/h2-6,9H,1H2,(H,11,12). The zero-order valence-corrected chi connectivity index (χ0v) is 8.39. The van der Waals surface area contributed by atoms with E-state index in [0.717, 1.165) is 0 Å². The minimum absolute atomic E-state index is 0.173. The van der Waals surface area contributed by atoms with Crippen LogP contribution in [0.15, 0.2) is 41.9 Å². The number of benzene rings is 1. The summed E-state index contributed by atoms with van der Waals surface area (Å²) in [7, 11) is 0. The SMILES string of the molecule is C=C(Cl)C(c1ccccc1)S(=O)O. The first kappa shape index (κ1) is 10.4. The van der Waals surface area contributed by atoms with E-state index in [9.17, 15) is 4.21 Å². The fraction of sp³-hybridized carbons (Fsp3) is 0.111. The van der Waals surface area contributed by atoms with Gasteiger partial charge in [0.05, 0.1) is 0 Å². The van der Waals surface area contributed by atoms with Crippen molar-refractivity contribution in [3.05, 3.63) is 47.5 Å². The molecule has 0 aliphatic carbocycles. The van der Waals surface area contributed by atoms with Gasteiger partial charge < -0.3 is 4.55 Å². The highest BCUT2D eigenvalue weighted by Crippen LogP contribution is 2.27. The van der Waals surface area contributed by atoms with Crippen LogP contribution in [-0.4, -0.2) is 8.76 Å². The van der Waals surface area contributed by atoms with Crippen LogP contribution < -0.4 is 0 Å². The minimum atomic E-state index is -2.02. The summed E-state index contributed by atoms with van der Waals surface area (Å²) in [6.07, 6.45) is 0. The van der Waals surface area contributed by atoms with Crippen LogP contribution in [0.5, 0.6) is 0 Å². The molecule has 2 unspecified atom stereocenters. The van der Waals surface area contributed by atoms with Gasteiger partial charge in [-0.25, -0.2) is 4.21 Å². The van der Waals surface area contributed by atoms with Crippen LogP contribution >= 0.6 is 11.6 Å². The Morgan fingerprint density at radius 2 is 2.00 bits per heavy atom. The second kappa shape index (κ2) is 4.56. The first-order valence-corrected chi connectivity index (χ1v) is 5.16. The number of rotatable bonds is 3. The van der Waals surface area contributed by atoms with Gasteiger partial charge in [0, 0.05) is 5.03 Å². The molecular formula is C9H9ClO2S. The molecule has 1 N–H and O–H groups in total. The van der Waals surface area contributed by atoms with Gasteiger partial charge in [-0.2, -0.15) is 0 Å². The molecule has 0 fully saturated rings. The molecule has 0 aliphatic rings.